The first kappa shape index (κ1) is 14.4. The van der Waals surface area contributed by atoms with Gasteiger partial charge in [-0.05, 0) is 37.8 Å². The molecule has 0 fully saturated rings. The van der Waals surface area contributed by atoms with Gasteiger partial charge in [0.1, 0.15) is 18.4 Å². The van der Waals surface area contributed by atoms with Crippen LogP contribution in [-0.2, 0) is 19.1 Å². The zero-order chi connectivity index (χ0) is 13.5. The van der Waals surface area contributed by atoms with Crippen LogP contribution < -0.4 is 5.73 Å². The number of allylic oxidation sites excluding steroid dienone is 3. The number of nitrogens with two attached hydrogens (primary N) is 1. The van der Waals surface area contributed by atoms with Crippen molar-refractivity contribution >= 4 is 11.8 Å². The SMILES string of the molecule is COC(=O)[C@@H](N)CC1C=CC(OCC(C)=O)=CC1. The lowest BCUT2D eigenvalue weighted by atomic mass is 9.93. The molecule has 0 spiro atoms. The lowest BCUT2D eigenvalue weighted by molar-refractivity contribution is -0.142. The molecule has 2 N–H and O–H groups in total. The van der Waals surface area contributed by atoms with E-state index in [0.717, 1.165) is 6.42 Å². The van der Waals surface area contributed by atoms with Gasteiger partial charge < -0.3 is 15.2 Å². The molecule has 1 aliphatic carbocycles. The molecule has 1 rings (SSSR count). The molecule has 0 aromatic carbocycles. The van der Waals surface area contributed by atoms with Crippen LogP contribution in [0.2, 0.25) is 0 Å². The van der Waals surface area contributed by atoms with Crippen LogP contribution in [0, 0.1) is 5.92 Å². The molecule has 0 saturated carbocycles. The van der Waals surface area contributed by atoms with Gasteiger partial charge in [0, 0.05) is 0 Å². The number of hydrogen-bond acceptors (Lipinski definition) is 5. The molecule has 0 aromatic rings. The summed E-state index contributed by atoms with van der Waals surface area (Å²) in [6.45, 7) is 1.56. The van der Waals surface area contributed by atoms with Crippen LogP contribution in [0.25, 0.3) is 0 Å². The highest BCUT2D eigenvalue weighted by Crippen LogP contribution is 2.21. The monoisotopic (exact) mass is 253 g/mol. The fourth-order valence-corrected chi connectivity index (χ4v) is 1.69. The molecule has 0 saturated heterocycles. The molecule has 0 heterocycles. The van der Waals surface area contributed by atoms with E-state index in [1.807, 2.05) is 12.2 Å². The van der Waals surface area contributed by atoms with E-state index in [1.165, 1.54) is 14.0 Å². The number of hydrogen-bond donors (Lipinski definition) is 1. The topological polar surface area (TPSA) is 78.6 Å². The average molecular weight is 253 g/mol. The van der Waals surface area contributed by atoms with Gasteiger partial charge in [-0.3, -0.25) is 9.59 Å². The van der Waals surface area contributed by atoms with E-state index in [1.54, 1.807) is 6.08 Å². The maximum Gasteiger partial charge on any atom is 0.322 e. The molecule has 0 aliphatic heterocycles. The number of methoxy groups -OCH3 is 1. The van der Waals surface area contributed by atoms with Gasteiger partial charge in [0.15, 0.2) is 5.78 Å². The Balaban J connectivity index is 2.37. The molecular formula is C13H19NO4. The molecule has 5 heteroatoms. The van der Waals surface area contributed by atoms with Crippen LogP contribution in [0.3, 0.4) is 0 Å². The summed E-state index contributed by atoms with van der Waals surface area (Å²) in [5, 5.41) is 0. The van der Waals surface area contributed by atoms with Crippen LogP contribution in [-0.4, -0.2) is 31.5 Å². The predicted molar refractivity (Wildman–Crippen MR) is 66.6 cm³/mol. The molecule has 18 heavy (non-hydrogen) atoms. The van der Waals surface area contributed by atoms with E-state index < -0.39 is 12.0 Å². The summed E-state index contributed by atoms with van der Waals surface area (Å²) in [6.07, 6.45) is 6.94. The molecule has 1 aliphatic rings. The van der Waals surface area contributed by atoms with Crippen LogP contribution >= 0.6 is 0 Å². The first-order valence-electron chi connectivity index (χ1n) is 5.87. The van der Waals surface area contributed by atoms with Gasteiger partial charge in [0.25, 0.3) is 0 Å². The molecular weight excluding hydrogens is 234 g/mol. The van der Waals surface area contributed by atoms with Crippen LogP contribution in [0.4, 0.5) is 0 Å². The summed E-state index contributed by atoms with van der Waals surface area (Å²) in [6, 6.07) is -0.599. The van der Waals surface area contributed by atoms with Crippen molar-refractivity contribution in [3.63, 3.8) is 0 Å². The molecule has 2 atom stereocenters. The zero-order valence-corrected chi connectivity index (χ0v) is 10.7. The zero-order valence-electron chi connectivity index (χ0n) is 10.7. The van der Waals surface area contributed by atoms with Crippen LogP contribution in [0.15, 0.2) is 24.0 Å². The van der Waals surface area contributed by atoms with Crippen molar-refractivity contribution in [1.82, 2.24) is 0 Å². The van der Waals surface area contributed by atoms with Gasteiger partial charge in [-0.25, -0.2) is 0 Å². The van der Waals surface area contributed by atoms with Crippen LogP contribution in [0.1, 0.15) is 19.8 Å². The highest BCUT2D eigenvalue weighted by Gasteiger charge is 2.19. The fourth-order valence-electron chi connectivity index (χ4n) is 1.69. The van der Waals surface area contributed by atoms with Gasteiger partial charge in [-0.1, -0.05) is 6.08 Å². The minimum Gasteiger partial charge on any atom is -0.486 e. The highest BCUT2D eigenvalue weighted by atomic mass is 16.5. The molecule has 0 amide bonds. The molecule has 1 unspecified atom stereocenters. The van der Waals surface area contributed by atoms with Crippen molar-refractivity contribution in [2.24, 2.45) is 11.7 Å². The Kier molecular flexibility index (Phi) is 5.58. The second-order valence-corrected chi connectivity index (χ2v) is 4.32. The third kappa shape index (κ3) is 4.71. The van der Waals surface area contributed by atoms with Gasteiger partial charge >= 0.3 is 5.97 Å². The summed E-state index contributed by atoms with van der Waals surface area (Å²) < 4.78 is 9.84. The number of rotatable bonds is 6. The molecule has 0 bridgehead atoms. The van der Waals surface area contributed by atoms with Crippen molar-refractivity contribution < 1.29 is 19.1 Å². The summed E-state index contributed by atoms with van der Waals surface area (Å²) in [5.74, 6) is 0.474. The van der Waals surface area contributed by atoms with Crippen molar-refractivity contribution in [3.05, 3.63) is 24.0 Å². The van der Waals surface area contributed by atoms with E-state index in [-0.39, 0.29) is 18.3 Å². The number of ketones is 1. The van der Waals surface area contributed by atoms with Gasteiger partial charge in [-0.2, -0.15) is 0 Å². The van der Waals surface area contributed by atoms with Crippen molar-refractivity contribution in [2.45, 2.75) is 25.8 Å². The number of ether oxygens (including phenoxy) is 2. The lowest BCUT2D eigenvalue weighted by Crippen LogP contribution is -2.33. The Hall–Kier alpha value is -1.62. The second-order valence-electron chi connectivity index (χ2n) is 4.32. The smallest absolute Gasteiger partial charge is 0.322 e. The molecule has 100 valence electrons. The maximum atomic E-state index is 11.2. The molecule has 0 radical (unpaired) electrons. The van der Waals surface area contributed by atoms with Crippen molar-refractivity contribution in [1.29, 1.82) is 0 Å². The lowest BCUT2D eigenvalue weighted by Gasteiger charge is -2.18. The third-order valence-electron chi connectivity index (χ3n) is 2.66. The largest absolute Gasteiger partial charge is 0.486 e. The Labute approximate surface area is 107 Å². The molecule has 0 aromatic heterocycles. The number of carbonyl (C=O) groups excluding carboxylic acids is 2. The number of carbonyl (C=O) groups is 2. The predicted octanol–water partition coefficient (Wildman–Crippen LogP) is 0.942. The number of Topliss-reactive ketones (excluding diaryl/α,β-unsaturated/α-hetero) is 1. The van der Waals surface area contributed by atoms with Crippen molar-refractivity contribution in [3.8, 4) is 0 Å². The van der Waals surface area contributed by atoms with Gasteiger partial charge in [-0.15, -0.1) is 0 Å². The van der Waals surface area contributed by atoms with E-state index in [2.05, 4.69) is 4.74 Å². The third-order valence-corrected chi connectivity index (χ3v) is 2.66. The summed E-state index contributed by atoms with van der Waals surface area (Å²) in [7, 11) is 1.33. The van der Waals surface area contributed by atoms with Gasteiger partial charge in [0.2, 0.25) is 0 Å². The minimum atomic E-state index is -0.599. The number of esters is 1. The first-order chi connectivity index (χ1) is 8.52. The molecule has 5 nitrogen and oxygen atoms in total. The summed E-state index contributed by atoms with van der Waals surface area (Å²) in [4.78, 5) is 21.9. The summed E-state index contributed by atoms with van der Waals surface area (Å²) in [5.41, 5.74) is 5.69. The van der Waals surface area contributed by atoms with E-state index in [4.69, 9.17) is 10.5 Å². The Bertz CT molecular complexity index is 373. The normalized spacial score (nSPS) is 19.9. The Morgan fingerprint density at radius 1 is 1.56 bits per heavy atom. The fraction of sp³-hybridized carbons (Fsp3) is 0.538. The highest BCUT2D eigenvalue weighted by molar-refractivity contribution is 5.77. The van der Waals surface area contributed by atoms with E-state index in [9.17, 15) is 9.59 Å². The Morgan fingerprint density at radius 3 is 2.78 bits per heavy atom. The van der Waals surface area contributed by atoms with Crippen molar-refractivity contribution in [2.75, 3.05) is 13.7 Å². The van der Waals surface area contributed by atoms with Crippen LogP contribution in [0.5, 0.6) is 0 Å². The van der Waals surface area contributed by atoms with Gasteiger partial charge in [0.05, 0.1) is 7.11 Å². The maximum absolute atomic E-state index is 11.2. The van der Waals surface area contributed by atoms with E-state index in [0.29, 0.717) is 12.2 Å². The summed E-state index contributed by atoms with van der Waals surface area (Å²) >= 11 is 0. The first-order valence-corrected chi connectivity index (χ1v) is 5.87. The average Bonchev–Trinajstić information content (AvgIpc) is 2.36. The van der Waals surface area contributed by atoms with E-state index >= 15 is 0 Å². The standard InChI is InChI=1S/C13H19NO4/c1-9(15)8-18-11-5-3-10(4-6-11)7-12(14)13(16)17-2/h3,5-6,10,12H,4,7-8,14H2,1-2H3/t10?,12-/m0/s1. The second kappa shape index (κ2) is 6.96. The Morgan fingerprint density at radius 2 is 2.28 bits per heavy atom. The quantitative estimate of drug-likeness (QED) is 0.713. The minimum absolute atomic E-state index is 0.0147.